The second-order valence-corrected chi connectivity index (χ2v) is 3.39. The zero-order valence-electron chi connectivity index (χ0n) is 8.56. The van der Waals surface area contributed by atoms with Gasteiger partial charge in [0.25, 0.3) is 0 Å². The summed E-state index contributed by atoms with van der Waals surface area (Å²) in [6.45, 7) is 4.16. The molecule has 0 spiro atoms. The maximum Gasteiger partial charge on any atom is 0.0368 e. The molecule has 0 aliphatic carbocycles. The van der Waals surface area contributed by atoms with Gasteiger partial charge < -0.3 is 4.90 Å². The van der Waals surface area contributed by atoms with Gasteiger partial charge in [0, 0.05) is 24.5 Å². The molecule has 0 saturated heterocycles. The molecule has 0 aromatic heterocycles. The molecule has 0 fully saturated rings. The fraction of sp³-hybridized carbons (Fsp3) is 0.333. The van der Waals surface area contributed by atoms with Crippen molar-refractivity contribution in [3.8, 4) is 0 Å². The van der Waals surface area contributed by atoms with Crippen molar-refractivity contribution < 1.29 is 0 Å². The van der Waals surface area contributed by atoms with Crippen molar-refractivity contribution in [2.75, 3.05) is 23.7 Å². The molecule has 0 unspecified atom stereocenters. The van der Waals surface area contributed by atoms with Gasteiger partial charge in [0.1, 0.15) is 0 Å². The van der Waals surface area contributed by atoms with Crippen LogP contribution < -0.4 is 4.90 Å². The molecule has 1 aromatic carbocycles. The largest absolute Gasteiger partial charge is 0.368 e. The molecule has 0 bridgehead atoms. The van der Waals surface area contributed by atoms with Gasteiger partial charge in [-0.3, -0.25) is 0 Å². The first-order valence-corrected chi connectivity index (χ1v) is 5.57. The van der Waals surface area contributed by atoms with Gasteiger partial charge in [-0.25, -0.2) is 0 Å². The predicted octanol–water partition coefficient (Wildman–Crippen LogP) is 3.00. The SMILES string of the molecule is CCN(CC=CCS)c1ccccc1. The fourth-order valence-electron chi connectivity index (χ4n) is 1.33. The highest BCUT2D eigenvalue weighted by Crippen LogP contribution is 2.12. The molecule has 1 nitrogen and oxygen atoms in total. The van der Waals surface area contributed by atoms with Crippen molar-refractivity contribution in [1.29, 1.82) is 0 Å². The van der Waals surface area contributed by atoms with Crippen LogP contribution in [0.25, 0.3) is 0 Å². The van der Waals surface area contributed by atoms with Gasteiger partial charge in [-0.1, -0.05) is 30.4 Å². The molecular weight excluding hydrogens is 190 g/mol. The summed E-state index contributed by atoms with van der Waals surface area (Å²) < 4.78 is 0. The summed E-state index contributed by atoms with van der Waals surface area (Å²) in [5.74, 6) is 0.812. The molecule has 14 heavy (non-hydrogen) atoms. The predicted molar refractivity (Wildman–Crippen MR) is 67.3 cm³/mol. The van der Waals surface area contributed by atoms with Crippen LogP contribution in [0.4, 0.5) is 5.69 Å². The van der Waals surface area contributed by atoms with E-state index in [2.05, 4.69) is 60.9 Å². The molecule has 0 aliphatic heterocycles. The molecule has 0 radical (unpaired) electrons. The number of benzene rings is 1. The topological polar surface area (TPSA) is 3.24 Å². The van der Waals surface area contributed by atoms with Crippen LogP contribution in [0.5, 0.6) is 0 Å². The van der Waals surface area contributed by atoms with Crippen molar-refractivity contribution in [3.63, 3.8) is 0 Å². The lowest BCUT2D eigenvalue weighted by Crippen LogP contribution is -2.22. The van der Waals surface area contributed by atoms with Gasteiger partial charge in [-0.05, 0) is 19.1 Å². The second kappa shape index (κ2) is 6.55. The Kier molecular flexibility index (Phi) is 5.23. The zero-order valence-corrected chi connectivity index (χ0v) is 9.45. The van der Waals surface area contributed by atoms with Crippen molar-refractivity contribution in [1.82, 2.24) is 0 Å². The van der Waals surface area contributed by atoms with Crippen LogP contribution in [0.3, 0.4) is 0 Å². The highest BCUT2D eigenvalue weighted by atomic mass is 32.1. The van der Waals surface area contributed by atoms with Crippen LogP contribution in [0, 0.1) is 0 Å². The highest BCUT2D eigenvalue weighted by Gasteiger charge is 1.99. The number of hydrogen-bond donors (Lipinski definition) is 1. The summed E-state index contributed by atoms with van der Waals surface area (Å²) in [7, 11) is 0. The van der Waals surface area contributed by atoms with Crippen LogP contribution in [0.15, 0.2) is 42.5 Å². The Morgan fingerprint density at radius 3 is 2.50 bits per heavy atom. The number of nitrogens with zero attached hydrogens (tertiary/aromatic N) is 1. The quantitative estimate of drug-likeness (QED) is 0.574. The summed E-state index contributed by atoms with van der Waals surface area (Å²) in [5, 5.41) is 0. The zero-order chi connectivity index (χ0) is 10.2. The fourth-order valence-corrected chi connectivity index (χ4v) is 1.48. The molecule has 1 rings (SSSR count). The van der Waals surface area contributed by atoms with Crippen LogP contribution in [0.1, 0.15) is 6.92 Å². The minimum absolute atomic E-state index is 0.812. The summed E-state index contributed by atoms with van der Waals surface area (Å²) >= 11 is 4.13. The maximum atomic E-state index is 4.13. The normalized spacial score (nSPS) is 10.7. The summed E-state index contributed by atoms with van der Waals surface area (Å²) in [4.78, 5) is 2.32. The molecular formula is C12H17NS. The van der Waals surface area contributed by atoms with Gasteiger partial charge in [-0.15, -0.1) is 0 Å². The average molecular weight is 207 g/mol. The molecule has 2 heteroatoms. The third kappa shape index (κ3) is 3.46. The molecule has 0 amide bonds. The summed E-state index contributed by atoms with van der Waals surface area (Å²) in [6, 6.07) is 10.5. The van der Waals surface area contributed by atoms with E-state index in [1.165, 1.54) is 5.69 Å². The molecule has 0 atom stereocenters. The van der Waals surface area contributed by atoms with E-state index in [-0.39, 0.29) is 0 Å². The monoisotopic (exact) mass is 207 g/mol. The van der Waals surface area contributed by atoms with E-state index in [9.17, 15) is 0 Å². The maximum absolute atomic E-state index is 4.13. The third-order valence-electron chi connectivity index (χ3n) is 2.10. The third-order valence-corrected chi connectivity index (χ3v) is 2.31. The highest BCUT2D eigenvalue weighted by molar-refractivity contribution is 7.80. The Balaban J connectivity index is 2.58. The number of hydrogen-bond acceptors (Lipinski definition) is 2. The summed E-state index contributed by atoms with van der Waals surface area (Å²) in [5.41, 5.74) is 1.28. The van der Waals surface area contributed by atoms with E-state index < -0.39 is 0 Å². The minimum Gasteiger partial charge on any atom is -0.368 e. The molecule has 76 valence electrons. The number of rotatable bonds is 5. The van der Waals surface area contributed by atoms with E-state index in [0.29, 0.717) is 0 Å². The van der Waals surface area contributed by atoms with Crippen molar-refractivity contribution >= 4 is 18.3 Å². The Bertz CT molecular complexity index is 269. The first-order valence-electron chi connectivity index (χ1n) is 4.94. The molecule has 0 N–H and O–H groups in total. The molecule has 1 aromatic rings. The van der Waals surface area contributed by atoms with Gasteiger partial charge in [-0.2, -0.15) is 12.6 Å². The van der Waals surface area contributed by atoms with Crippen LogP contribution in [-0.2, 0) is 0 Å². The molecule has 0 saturated carbocycles. The number of likely N-dealkylation sites (N-methyl/N-ethyl adjacent to an activating group) is 1. The standard InChI is InChI=1S/C12H17NS/c1-2-13(10-6-7-11-14)12-8-4-3-5-9-12/h3-9,14H,2,10-11H2,1H3. The Morgan fingerprint density at radius 2 is 1.93 bits per heavy atom. The van der Waals surface area contributed by atoms with Gasteiger partial charge in [0.2, 0.25) is 0 Å². The van der Waals surface area contributed by atoms with Gasteiger partial charge in [0.05, 0.1) is 0 Å². The van der Waals surface area contributed by atoms with E-state index in [0.717, 1.165) is 18.8 Å². The molecule has 0 heterocycles. The lowest BCUT2D eigenvalue weighted by atomic mass is 10.3. The number of para-hydroxylation sites is 1. The second-order valence-electron chi connectivity index (χ2n) is 3.03. The van der Waals surface area contributed by atoms with Crippen LogP contribution in [0.2, 0.25) is 0 Å². The van der Waals surface area contributed by atoms with Crippen molar-refractivity contribution in [2.24, 2.45) is 0 Å². The molecule has 0 aliphatic rings. The lowest BCUT2D eigenvalue weighted by molar-refractivity contribution is 0.905. The first-order chi connectivity index (χ1) is 6.88. The smallest absolute Gasteiger partial charge is 0.0368 e. The van der Waals surface area contributed by atoms with Gasteiger partial charge in [0.15, 0.2) is 0 Å². The first kappa shape index (κ1) is 11.2. The summed E-state index contributed by atoms with van der Waals surface area (Å²) in [6.07, 6.45) is 4.23. The van der Waals surface area contributed by atoms with E-state index in [4.69, 9.17) is 0 Å². The Labute approximate surface area is 91.8 Å². The van der Waals surface area contributed by atoms with Crippen molar-refractivity contribution in [2.45, 2.75) is 6.92 Å². The lowest BCUT2D eigenvalue weighted by Gasteiger charge is -2.21. The minimum atomic E-state index is 0.812. The average Bonchev–Trinajstić information content (AvgIpc) is 2.26. The number of anilines is 1. The van der Waals surface area contributed by atoms with Crippen LogP contribution >= 0.6 is 12.6 Å². The Morgan fingerprint density at radius 1 is 1.21 bits per heavy atom. The van der Waals surface area contributed by atoms with Crippen molar-refractivity contribution in [3.05, 3.63) is 42.5 Å². The van der Waals surface area contributed by atoms with E-state index in [1.807, 2.05) is 6.07 Å². The number of thiol groups is 1. The Hall–Kier alpha value is -0.890. The van der Waals surface area contributed by atoms with Gasteiger partial charge >= 0.3 is 0 Å². The van der Waals surface area contributed by atoms with Crippen LogP contribution in [-0.4, -0.2) is 18.8 Å². The van der Waals surface area contributed by atoms with E-state index in [1.54, 1.807) is 0 Å². The van der Waals surface area contributed by atoms with E-state index >= 15 is 0 Å².